The molecule has 0 aliphatic rings. The van der Waals surface area contributed by atoms with Crippen LogP contribution in [-0.2, 0) is 11.8 Å². The van der Waals surface area contributed by atoms with Gasteiger partial charge in [0.05, 0.1) is 0 Å². The minimum Gasteiger partial charge on any atom is -1.00 e. The summed E-state index contributed by atoms with van der Waals surface area (Å²) in [5.41, 5.74) is 0. The van der Waals surface area contributed by atoms with E-state index in [0.29, 0.717) is 0 Å². The zero-order valence-electron chi connectivity index (χ0n) is 4.24. The Morgan fingerprint density at radius 1 is 1.17 bits per heavy atom. The Bertz CT molecular complexity index is 15.0. The summed E-state index contributed by atoms with van der Waals surface area (Å²) in [4.78, 5) is 0. The lowest BCUT2D eigenvalue weighted by Crippen LogP contribution is -3.00. The van der Waals surface area contributed by atoms with E-state index >= 15 is 0 Å². The summed E-state index contributed by atoms with van der Waals surface area (Å²) in [6.45, 7) is 4.40. The lowest BCUT2D eigenvalue weighted by molar-refractivity contribution is -0.00000114. The van der Waals surface area contributed by atoms with Gasteiger partial charge in [0.1, 0.15) is 11.5 Å². The number of rotatable bonds is 2. The minimum atomic E-state index is 0. The largest absolute Gasteiger partial charge is 1.00 e. The molecule has 0 spiro atoms. The van der Waals surface area contributed by atoms with Crippen LogP contribution < -0.4 is 17.0 Å². The van der Waals surface area contributed by atoms with Crippen LogP contribution >= 0.6 is 0 Å². The van der Waals surface area contributed by atoms with E-state index in [1.54, 1.807) is 11.8 Å². The summed E-state index contributed by atoms with van der Waals surface area (Å²) in [6, 6.07) is 0. The first-order chi connectivity index (χ1) is 2.41. The monoisotopic (exact) mass is 170 g/mol. The van der Waals surface area contributed by atoms with Crippen molar-refractivity contribution in [3.63, 3.8) is 0 Å². The van der Waals surface area contributed by atoms with Gasteiger partial charge in [-0.05, 0) is 25.6 Å². The molecule has 0 atom stereocenters. The van der Waals surface area contributed by atoms with Crippen LogP contribution in [0.25, 0.3) is 0 Å². The fraction of sp³-hybridized carbons (Fsp3) is 1.00. The van der Waals surface area contributed by atoms with E-state index < -0.39 is 0 Å². The Labute approximate surface area is 54.5 Å². The van der Waals surface area contributed by atoms with Crippen molar-refractivity contribution in [3.05, 3.63) is 0 Å². The Morgan fingerprint density at radius 2 is 1.50 bits per heavy atom. The predicted molar refractivity (Wildman–Crippen MR) is 29.8 cm³/mol. The lowest BCUT2D eigenvalue weighted by Gasteiger charge is -1.69. The van der Waals surface area contributed by atoms with Gasteiger partial charge in [-0.1, -0.05) is 0 Å². The van der Waals surface area contributed by atoms with Gasteiger partial charge in [0, 0.05) is 0 Å². The van der Waals surface area contributed by atoms with Crippen LogP contribution in [0.1, 0.15) is 13.8 Å². The Morgan fingerprint density at radius 3 is 1.50 bits per heavy atom. The molecular formula is C4H11BrS. The Hall–Kier alpha value is 0.830. The molecule has 0 aromatic heterocycles. The molecule has 0 saturated carbocycles. The molecule has 0 amide bonds. The van der Waals surface area contributed by atoms with Crippen molar-refractivity contribution in [2.24, 2.45) is 0 Å². The highest BCUT2D eigenvalue weighted by Crippen LogP contribution is 1.66. The summed E-state index contributed by atoms with van der Waals surface area (Å²) < 4.78 is 0. The molecule has 0 fully saturated rings. The Balaban J connectivity index is 0. The van der Waals surface area contributed by atoms with E-state index in [0.717, 1.165) is 0 Å². The third-order valence-electron chi connectivity index (χ3n) is 0.447. The molecule has 0 aliphatic carbocycles. The van der Waals surface area contributed by atoms with Crippen molar-refractivity contribution in [1.29, 1.82) is 0 Å². The van der Waals surface area contributed by atoms with Gasteiger partial charge in [0.2, 0.25) is 0 Å². The van der Waals surface area contributed by atoms with E-state index in [1.807, 2.05) is 0 Å². The van der Waals surface area contributed by atoms with Crippen LogP contribution in [0.15, 0.2) is 0 Å². The first-order valence-corrected chi connectivity index (χ1v) is 3.31. The van der Waals surface area contributed by atoms with Crippen LogP contribution in [-0.4, -0.2) is 11.5 Å². The summed E-state index contributed by atoms with van der Waals surface area (Å²) in [6.07, 6.45) is 0. The van der Waals surface area contributed by atoms with Crippen molar-refractivity contribution >= 4 is 11.8 Å². The maximum Gasteiger partial charge on any atom is 0.103 e. The third-order valence-corrected chi connectivity index (χ3v) is 1.34. The average molecular weight is 171 g/mol. The molecule has 0 saturated heterocycles. The number of halogens is 1. The van der Waals surface area contributed by atoms with Crippen LogP contribution in [0.4, 0.5) is 0 Å². The topological polar surface area (TPSA) is 0 Å². The van der Waals surface area contributed by atoms with Crippen molar-refractivity contribution in [3.8, 4) is 0 Å². The van der Waals surface area contributed by atoms with Gasteiger partial charge in [-0.25, -0.2) is 0 Å². The van der Waals surface area contributed by atoms with Gasteiger partial charge in [-0.3, -0.25) is 0 Å². The molecule has 0 aliphatic heterocycles. The fourth-order valence-corrected chi connectivity index (χ4v) is 0.671. The molecule has 6 heavy (non-hydrogen) atoms. The first kappa shape index (κ1) is 9.95. The second kappa shape index (κ2) is 9.27. The van der Waals surface area contributed by atoms with E-state index in [1.165, 1.54) is 11.5 Å². The van der Waals surface area contributed by atoms with Gasteiger partial charge in [-0.2, -0.15) is 0 Å². The first-order valence-electron chi connectivity index (χ1n) is 2.05. The molecule has 0 nitrogen and oxygen atoms in total. The maximum atomic E-state index is 2.20. The highest BCUT2D eigenvalue weighted by Gasteiger charge is 1.77. The van der Waals surface area contributed by atoms with Gasteiger partial charge < -0.3 is 17.0 Å². The molecule has 0 heterocycles. The van der Waals surface area contributed by atoms with E-state index in [4.69, 9.17) is 0 Å². The number of thiol groups is 1. The summed E-state index contributed by atoms with van der Waals surface area (Å²) >= 11 is 1.58. The Kier molecular flexibility index (Phi) is 15.4. The lowest BCUT2D eigenvalue weighted by atomic mass is 11.0. The van der Waals surface area contributed by atoms with E-state index in [2.05, 4.69) is 13.8 Å². The van der Waals surface area contributed by atoms with Crippen molar-refractivity contribution in [1.82, 2.24) is 0 Å². The second-order valence-electron chi connectivity index (χ2n) is 0.856. The summed E-state index contributed by atoms with van der Waals surface area (Å²) in [7, 11) is 0. The smallest absolute Gasteiger partial charge is 0.103 e. The second-order valence-corrected chi connectivity index (χ2v) is 2.57. The highest BCUT2D eigenvalue weighted by atomic mass is 79.9. The van der Waals surface area contributed by atoms with Crippen molar-refractivity contribution < 1.29 is 17.0 Å². The van der Waals surface area contributed by atoms with Gasteiger partial charge in [0.25, 0.3) is 0 Å². The van der Waals surface area contributed by atoms with Crippen LogP contribution in [0.5, 0.6) is 0 Å². The number of hydrogen-bond acceptors (Lipinski definition) is 0. The molecule has 0 aromatic carbocycles. The average Bonchev–Trinajstić information content (AvgIpc) is 1.41. The van der Waals surface area contributed by atoms with Gasteiger partial charge in [-0.15, -0.1) is 0 Å². The summed E-state index contributed by atoms with van der Waals surface area (Å²) in [5.74, 6) is 2.63. The van der Waals surface area contributed by atoms with E-state index in [-0.39, 0.29) is 17.0 Å². The molecule has 0 unspecified atom stereocenters. The predicted octanol–water partition coefficient (Wildman–Crippen LogP) is -2.15. The molecule has 0 bridgehead atoms. The van der Waals surface area contributed by atoms with Gasteiger partial charge in [0.15, 0.2) is 0 Å². The molecule has 0 radical (unpaired) electrons. The quantitative estimate of drug-likeness (QED) is 0.328. The molecular weight excluding hydrogens is 160 g/mol. The molecule has 0 aromatic rings. The third kappa shape index (κ3) is 8.85. The SMILES string of the molecule is CC[SH+]CC.[Br-]. The molecule has 2 heteroatoms. The van der Waals surface area contributed by atoms with Crippen molar-refractivity contribution in [2.75, 3.05) is 11.5 Å². The van der Waals surface area contributed by atoms with Crippen molar-refractivity contribution in [2.45, 2.75) is 13.8 Å². The fourth-order valence-electron chi connectivity index (χ4n) is 0.224. The zero-order valence-corrected chi connectivity index (χ0v) is 6.72. The maximum absolute atomic E-state index is 2.20. The van der Waals surface area contributed by atoms with E-state index in [9.17, 15) is 0 Å². The molecule has 0 rings (SSSR count). The van der Waals surface area contributed by atoms with Crippen LogP contribution in [0, 0.1) is 0 Å². The number of hydrogen-bond donors (Lipinski definition) is 0. The normalized spacial score (nSPS) is 7.00. The highest BCUT2D eigenvalue weighted by molar-refractivity contribution is 7.78. The van der Waals surface area contributed by atoms with Crippen LogP contribution in [0.3, 0.4) is 0 Å². The molecule has 0 N–H and O–H groups in total. The molecule has 40 valence electrons. The van der Waals surface area contributed by atoms with Crippen LogP contribution in [0.2, 0.25) is 0 Å². The minimum absolute atomic E-state index is 0. The zero-order chi connectivity index (χ0) is 4.12. The standard InChI is InChI=1S/C4H10S.BrH/c1-3-5-4-2;/h3-4H2,1-2H3;1H. The summed E-state index contributed by atoms with van der Waals surface area (Å²) in [5, 5.41) is 0. The van der Waals surface area contributed by atoms with Gasteiger partial charge >= 0.3 is 0 Å².